The van der Waals surface area contributed by atoms with Crippen molar-refractivity contribution in [3.05, 3.63) is 161 Å². The first-order valence-electron chi connectivity index (χ1n) is 29.5. The fourth-order valence-electron chi connectivity index (χ4n) is 10.7. The number of amides is 3. The third-order valence-corrected chi connectivity index (χ3v) is 18.7. The summed E-state index contributed by atoms with van der Waals surface area (Å²) in [5.41, 5.74) is 9.31. The molecule has 19 heteroatoms. The summed E-state index contributed by atoms with van der Waals surface area (Å²) >= 11 is 5.91. The number of aryl methyl sites for hydroxylation is 2. The Morgan fingerprint density at radius 1 is 0.624 bits per heavy atom. The van der Waals surface area contributed by atoms with Crippen molar-refractivity contribution in [2.75, 3.05) is 26.3 Å². The second-order valence-electron chi connectivity index (χ2n) is 23.3. The maximum Gasteiger partial charge on any atom is 0.254 e. The fourth-order valence-corrected chi connectivity index (χ4v) is 13.3. The van der Waals surface area contributed by atoms with E-state index in [4.69, 9.17) is 33.2 Å². The number of hydrogen-bond donors (Lipinski definition) is 5. The summed E-state index contributed by atoms with van der Waals surface area (Å²) in [5.74, 6) is -1.81. The molecule has 7 heterocycles. The highest BCUT2D eigenvalue weighted by Gasteiger charge is 2.58. The van der Waals surface area contributed by atoms with Crippen LogP contribution in [0.1, 0.15) is 132 Å². The molecule has 0 bridgehead atoms. The maximum atomic E-state index is 12.3. The minimum atomic E-state index is -1.01. The SMILES string of the molecule is CC.CC1(C)O[C@@H]2O[C@@H](C(=O)N3CCOCC3)[C@@H](O)[C@@H]2O1.Cc1ccc(C(O)[C@@H]2O[C@H]3OC(C)(C)O[C@H]3[C@@H]2O)cc1Cc1ccc(-c2ccc(C(=O)NC3CC3)cc2)s1.Cc1ccc(I)cc1Cc1ccc(-c2ccc(C(=O)NC3CC3)cc2)s1. The molecule has 16 nitrogen and oxygen atoms in total. The van der Waals surface area contributed by atoms with Gasteiger partial charge in [0.15, 0.2) is 30.3 Å². The lowest BCUT2D eigenvalue weighted by Crippen LogP contribution is -2.50. The molecule has 0 radical (unpaired) electrons. The summed E-state index contributed by atoms with van der Waals surface area (Å²) in [6, 6.07) is 37.5. The summed E-state index contributed by atoms with van der Waals surface area (Å²) in [6.07, 6.45) is -1.30. The van der Waals surface area contributed by atoms with Crippen LogP contribution in [0.15, 0.2) is 109 Å². The normalized spacial score (nSPS) is 25.4. The van der Waals surface area contributed by atoms with Crippen LogP contribution in [-0.4, -0.2) is 137 Å². The molecule has 2 aromatic heterocycles. The van der Waals surface area contributed by atoms with Crippen LogP contribution in [0.3, 0.4) is 0 Å². The minimum absolute atomic E-state index is 0.00826. The zero-order chi connectivity index (χ0) is 60.3. The van der Waals surface area contributed by atoms with E-state index in [2.05, 4.69) is 89.5 Å². The number of fused-ring (bicyclic) bond motifs is 2. The molecule has 6 aromatic rings. The van der Waals surface area contributed by atoms with E-state index in [1.165, 1.54) is 34.9 Å². The van der Waals surface area contributed by atoms with E-state index >= 15 is 0 Å². The number of hydrogen-bond acceptors (Lipinski definition) is 15. The number of aliphatic hydroxyl groups is 3. The molecular weight excluding hydrogens is 1230 g/mol. The van der Waals surface area contributed by atoms with E-state index in [0.29, 0.717) is 49.5 Å². The molecule has 9 atom stereocenters. The topological polar surface area (TPSA) is 204 Å². The molecule has 7 aliphatic rings. The molecule has 85 heavy (non-hydrogen) atoms. The van der Waals surface area contributed by atoms with Crippen molar-refractivity contribution >= 4 is 63.0 Å². The van der Waals surface area contributed by atoms with Gasteiger partial charge in [-0.25, -0.2) is 0 Å². The van der Waals surface area contributed by atoms with E-state index in [9.17, 15) is 29.7 Å². The van der Waals surface area contributed by atoms with E-state index in [0.717, 1.165) is 65.7 Å². The molecule has 454 valence electrons. The fraction of sp³-hybridized carbons (Fsp3) is 0.470. The van der Waals surface area contributed by atoms with Crippen LogP contribution < -0.4 is 10.6 Å². The number of aliphatic hydroxyl groups excluding tert-OH is 3. The molecule has 13 rings (SSSR count). The highest BCUT2D eigenvalue weighted by atomic mass is 127. The Hall–Kier alpha value is -4.98. The van der Waals surface area contributed by atoms with Crippen molar-refractivity contribution in [3.63, 3.8) is 0 Å². The molecule has 0 spiro atoms. The number of carbonyl (C=O) groups excluding carboxylic acids is 3. The molecule has 5 aliphatic heterocycles. The smallest absolute Gasteiger partial charge is 0.254 e. The Labute approximate surface area is 519 Å². The molecule has 4 aromatic carbocycles. The minimum Gasteiger partial charge on any atom is -0.387 e. The highest BCUT2D eigenvalue weighted by Crippen LogP contribution is 2.42. The Kier molecular flexibility index (Phi) is 20.2. The van der Waals surface area contributed by atoms with E-state index in [1.807, 2.05) is 91.9 Å². The molecule has 2 saturated carbocycles. The van der Waals surface area contributed by atoms with Crippen molar-refractivity contribution in [1.29, 1.82) is 0 Å². The molecule has 2 aliphatic carbocycles. The summed E-state index contributed by atoms with van der Waals surface area (Å²) in [5, 5.41) is 38.1. The van der Waals surface area contributed by atoms with Crippen LogP contribution in [-0.2, 0) is 50.8 Å². The quantitative estimate of drug-likeness (QED) is 0.0684. The van der Waals surface area contributed by atoms with Gasteiger partial charge in [-0.15, -0.1) is 22.7 Å². The van der Waals surface area contributed by atoms with Crippen LogP contribution in [0.25, 0.3) is 20.9 Å². The molecule has 5 N–H and O–H groups in total. The number of benzene rings is 4. The van der Waals surface area contributed by atoms with E-state index in [1.54, 1.807) is 43.9 Å². The number of nitrogens with one attached hydrogen (secondary N) is 2. The van der Waals surface area contributed by atoms with Gasteiger partial charge in [-0.1, -0.05) is 62.4 Å². The van der Waals surface area contributed by atoms with Gasteiger partial charge in [0, 0.05) is 72.2 Å². The average Bonchev–Trinajstić information content (AvgIpc) is 2.46. The standard InChI is InChI=1S/C30H33NO6S.C22H20INOS.C12H19NO6.C2H6/c1-16-4-5-19(24(32)26-25(33)27-29(35-26)37-30(2,3)36-27)14-20(16)15-22-12-13-23(38-22)17-6-8-18(9-7-17)28(34)31-21-10-11-21;1-14-2-7-18(23)12-17(14)13-20-10-11-21(26-20)15-3-5-16(6-4-15)22(25)24-19-8-9-19;1-12(2)18-9-7(14)8(17-11(9)19-12)10(15)13-3-5-16-6-4-13;1-2/h4-9,12-14,21,24-27,29,32-33H,10-11,15H2,1-3H3,(H,31,34);2-7,10-12,19H,8-9,13H2,1H3,(H,24,25);7-9,11,14H,3-6H2,1-2H3;1-2H3/t24?,25-,26+,27+,29+;;7-,8-,9+,11+;/m1.1./s1. The van der Waals surface area contributed by atoms with Gasteiger partial charge in [0.25, 0.3) is 17.7 Å². The zero-order valence-corrected chi connectivity index (χ0v) is 53.2. The van der Waals surface area contributed by atoms with Gasteiger partial charge < -0.3 is 64.0 Å². The van der Waals surface area contributed by atoms with Gasteiger partial charge in [-0.3, -0.25) is 14.4 Å². The van der Waals surface area contributed by atoms with Gasteiger partial charge >= 0.3 is 0 Å². The molecule has 7 fully saturated rings. The average molecular weight is 1310 g/mol. The number of morpholine rings is 1. The van der Waals surface area contributed by atoms with Gasteiger partial charge in [0.2, 0.25) is 0 Å². The Morgan fingerprint density at radius 3 is 1.58 bits per heavy atom. The Morgan fingerprint density at radius 2 is 1.09 bits per heavy atom. The lowest BCUT2D eigenvalue weighted by atomic mass is 9.94. The predicted octanol–water partition coefficient (Wildman–Crippen LogP) is 10.4. The monoisotopic (exact) mass is 1310 g/mol. The third kappa shape index (κ3) is 15.7. The van der Waals surface area contributed by atoms with Crippen LogP contribution in [0.2, 0.25) is 0 Å². The number of nitrogens with zero attached hydrogens (tertiary/aromatic N) is 1. The Balaban J connectivity index is 0.000000148. The summed E-state index contributed by atoms with van der Waals surface area (Å²) in [7, 11) is 0. The second kappa shape index (κ2) is 27.2. The maximum absolute atomic E-state index is 12.3. The molecule has 3 amide bonds. The van der Waals surface area contributed by atoms with E-state index < -0.39 is 66.9 Å². The largest absolute Gasteiger partial charge is 0.387 e. The zero-order valence-electron chi connectivity index (χ0n) is 49.4. The van der Waals surface area contributed by atoms with Crippen LogP contribution in [0.4, 0.5) is 0 Å². The first-order valence-corrected chi connectivity index (χ1v) is 32.2. The van der Waals surface area contributed by atoms with Gasteiger partial charge in [0.05, 0.1) is 13.2 Å². The number of rotatable bonds is 13. The van der Waals surface area contributed by atoms with Gasteiger partial charge in [0.1, 0.15) is 36.6 Å². The number of ether oxygens (including phenoxy) is 7. The number of carbonyl (C=O) groups is 3. The summed E-state index contributed by atoms with van der Waals surface area (Å²) < 4.78 is 40.4. The first-order chi connectivity index (χ1) is 40.7. The molecule has 5 saturated heterocycles. The summed E-state index contributed by atoms with van der Waals surface area (Å²) in [4.78, 5) is 43.2. The number of thiophene rings is 2. The van der Waals surface area contributed by atoms with Crippen molar-refractivity contribution in [3.8, 4) is 20.9 Å². The first kappa shape index (κ1) is 63.1. The van der Waals surface area contributed by atoms with E-state index in [-0.39, 0.29) is 17.7 Å². The predicted molar refractivity (Wildman–Crippen MR) is 334 cm³/mol. The van der Waals surface area contributed by atoms with Gasteiger partial charge in [-0.05, 0) is 189 Å². The second-order valence-corrected chi connectivity index (χ2v) is 26.8. The third-order valence-electron chi connectivity index (χ3n) is 15.7. The lowest BCUT2D eigenvalue weighted by molar-refractivity contribution is -0.226. The highest BCUT2D eigenvalue weighted by molar-refractivity contribution is 14.1. The van der Waals surface area contributed by atoms with Crippen molar-refractivity contribution < 1.29 is 62.9 Å². The van der Waals surface area contributed by atoms with Crippen molar-refractivity contribution in [1.82, 2.24) is 15.5 Å². The van der Waals surface area contributed by atoms with Crippen LogP contribution >= 0.6 is 45.3 Å². The molecule has 1 unspecified atom stereocenters. The number of halogens is 1. The van der Waals surface area contributed by atoms with Crippen LogP contribution in [0.5, 0.6) is 0 Å². The van der Waals surface area contributed by atoms with Crippen molar-refractivity contribution in [2.24, 2.45) is 0 Å². The summed E-state index contributed by atoms with van der Waals surface area (Å²) in [6.45, 7) is 17.4. The molecular formula is C66H78IN3O13S2. The van der Waals surface area contributed by atoms with Gasteiger partial charge in [-0.2, -0.15) is 0 Å². The lowest BCUT2D eigenvalue weighted by Gasteiger charge is -2.30. The Bertz CT molecular complexity index is 3280. The van der Waals surface area contributed by atoms with Crippen LogP contribution in [0, 0.1) is 17.4 Å². The van der Waals surface area contributed by atoms with Crippen molar-refractivity contribution in [2.45, 2.75) is 173 Å².